The maximum absolute atomic E-state index is 14.7. The van der Waals surface area contributed by atoms with Crippen LogP contribution in [0.4, 0.5) is 10.5 Å². The largest absolute Gasteiger partial charge is 0.508 e. The lowest BCUT2D eigenvalue weighted by Crippen LogP contribution is -2.61. The topological polar surface area (TPSA) is 331 Å². The van der Waals surface area contributed by atoms with Gasteiger partial charge in [0.2, 0.25) is 47.3 Å². The van der Waals surface area contributed by atoms with E-state index in [0.717, 1.165) is 16.3 Å². The highest BCUT2D eigenvalue weighted by molar-refractivity contribution is 6.01. The van der Waals surface area contributed by atoms with E-state index in [2.05, 4.69) is 52.5 Å². The molecule has 5 aromatic carbocycles. The maximum Gasteiger partial charge on any atom is 0.410 e. The second-order valence-corrected chi connectivity index (χ2v) is 23.8. The molecule has 1 aliphatic heterocycles. The highest BCUT2D eigenvalue weighted by Gasteiger charge is 2.39. The first-order chi connectivity index (χ1) is 43.1. The Morgan fingerprint density at radius 2 is 1.07 bits per heavy atom. The van der Waals surface area contributed by atoms with Gasteiger partial charge in [-0.05, 0) is 95.2 Å². The van der Waals surface area contributed by atoms with Crippen molar-refractivity contribution >= 4 is 69.8 Å². The molecule has 0 bridgehead atoms. The summed E-state index contributed by atoms with van der Waals surface area (Å²) in [5.74, 6) is -6.93. The number of benzene rings is 5. The lowest BCUT2D eigenvalue weighted by atomic mass is 9.97. The van der Waals surface area contributed by atoms with Crippen LogP contribution in [0.5, 0.6) is 5.75 Å². The van der Waals surface area contributed by atoms with E-state index in [-0.39, 0.29) is 62.8 Å². The first kappa shape index (κ1) is 67.9. The van der Waals surface area contributed by atoms with Crippen LogP contribution in [0.3, 0.4) is 0 Å². The molecule has 0 radical (unpaired) electrons. The van der Waals surface area contributed by atoms with Crippen LogP contribution in [-0.4, -0.2) is 140 Å². The number of carbonyl (C=O) groups is 9. The smallest absolute Gasteiger partial charge is 0.410 e. The van der Waals surface area contributed by atoms with Crippen LogP contribution < -0.4 is 42.5 Å². The molecule has 1 aromatic heterocycles. The Bertz CT molecular complexity index is 3380. The van der Waals surface area contributed by atoms with Crippen molar-refractivity contribution in [1.82, 2.24) is 52.1 Å². The molecule has 8 atom stereocenters. The van der Waals surface area contributed by atoms with Gasteiger partial charge in [0.1, 0.15) is 60.7 Å². The Labute approximate surface area is 523 Å². The molecule has 0 spiro atoms. The van der Waals surface area contributed by atoms with Crippen LogP contribution in [0.1, 0.15) is 89.6 Å². The van der Waals surface area contributed by atoms with Crippen LogP contribution in [0, 0.1) is 17.8 Å². The minimum Gasteiger partial charge on any atom is -0.508 e. The van der Waals surface area contributed by atoms with Crippen molar-refractivity contribution < 1.29 is 58.1 Å². The highest BCUT2D eigenvalue weighted by atomic mass is 16.6. The summed E-state index contributed by atoms with van der Waals surface area (Å²) < 4.78 is 5.58. The Balaban J connectivity index is 1.05. The Hall–Kier alpha value is -9.64. The monoisotopic (exact) mass is 1230 g/mol. The number of hydrogen-bond acceptors (Lipinski definition) is 13. The van der Waals surface area contributed by atoms with E-state index < -0.39 is 114 Å². The van der Waals surface area contributed by atoms with Gasteiger partial charge in [0.05, 0.1) is 12.9 Å². The number of phenolic OH excluding ortho intramolecular Hbond substituents is 1. The molecule has 9 amide bonds. The van der Waals surface area contributed by atoms with Gasteiger partial charge in [-0.15, -0.1) is 0 Å². The van der Waals surface area contributed by atoms with Gasteiger partial charge in [-0.1, -0.05) is 145 Å². The number of rotatable bonds is 30. The van der Waals surface area contributed by atoms with E-state index in [1.807, 2.05) is 88.4 Å². The van der Waals surface area contributed by atoms with E-state index in [0.29, 0.717) is 35.3 Å². The normalized spacial score (nSPS) is 15.3. The number of aromatic amines is 1. The van der Waals surface area contributed by atoms with Crippen molar-refractivity contribution in [1.29, 1.82) is 0 Å². The number of aromatic nitrogens is 2. The zero-order chi connectivity index (χ0) is 64.9. The van der Waals surface area contributed by atoms with Crippen molar-refractivity contribution in [2.24, 2.45) is 17.8 Å². The molecule has 6 aromatic rings. The number of amides is 9. The van der Waals surface area contributed by atoms with E-state index >= 15 is 0 Å². The minimum absolute atomic E-state index is 0.000307. The van der Waals surface area contributed by atoms with Crippen LogP contribution in [0.2, 0.25) is 0 Å². The summed E-state index contributed by atoms with van der Waals surface area (Å²) in [6, 6.07) is 26.5. The Kier molecular flexibility index (Phi) is 24.9. The third-order valence-corrected chi connectivity index (χ3v) is 15.3. The van der Waals surface area contributed by atoms with Crippen LogP contribution in [0.15, 0.2) is 140 Å². The standard InChI is InChI=1S/C67H83N11O12/c1-40(2)30-51(71-62(84)55(35-49-36-68-39-69-49)73-60(82)53(32-43-16-9-7-10-17-43)74-65(87)57-22-15-29-78(57)67(89)90-38-45-18-11-8-12-19-45)59(81)72-52(31-41(3)4)63(85)77-58(42(5)6)66(88)75-54(33-44-23-27-50(80)28-24-44)61(83)76-56(37-79)64(86)70-48-26-25-46-20-13-14-21-47(46)34-48/h7-14,16-21,23-28,34,36,39-42,51-58,79-80H,15,22,29-33,35,37-38H2,1-6H3,(H,68,69)(H,70,86)(H,71,84)(H,72,81)(H,73,82)(H,74,87)(H,75,88)(H,76,83)(H,77,85)/t51-,52-,53-,54-,55-,56-,57-,58-/m0/s1. The zero-order valence-corrected chi connectivity index (χ0v) is 51.6. The summed E-state index contributed by atoms with van der Waals surface area (Å²) >= 11 is 0. The van der Waals surface area contributed by atoms with E-state index in [1.165, 1.54) is 29.6 Å². The quantitative estimate of drug-likeness (QED) is 0.0287. The fourth-order valence-corrected chi connectivity index (χ4v) is 10.5. The van der Waals surface area contributed by atoms with Crippen molar-refractivity contribution in [3.8, 4) is 5.75 Å². The molecule has 2 heterocycles. The number of likely N-dealkylation sites (tertiary alicyclic amines) is 1. The average molecular weight is 1230 g/mol. The van der Waals surface area contributed by atoms with Crippen LogP contribution >= 0.6 is 0 Å². The Morgan fingerprint density at radius 3 is 1.64 bits per heavy atom. The van der Waals surface area contributed by atoms with Crippen LogP contribution in [0.25, 0.3) is 10.8 Å². The average Bonchev–Trinajstić information content (AvgIpc) is 4.08. The van der Waals surface area contributed by atoms with Gasteiger partial charge in [0.25, 0.3) is 0 Å². The molecule has 478 valence electrons. The van der Waals surface area contributed by atoms with Crippen molar-refractivity contribution in [2.45, 2.75) is 141 Å². The molecule has 23 heteroatoms. The zero-order valence-electron chi connectivity index (χ0n) is 51.6. The predicted octanol–water partition coefficient (Wildman–Crippen LogP) is 4.87. The predicted molar refractivity (Wildman–Crippen MR) is 338 cm³/mol. The van der Waals surface area contributed by atoms with E-state index in [4.69, 9.17) is 4.74 Å². The number of ether oxygens (including phenoxy) is 1. The van der Waals surface area contributed by atoms with E-state index in [9.17, 15) is 53.4 Å². The van der Waals surface area contributed by atoms with Crippen molar-refractivity contribution in [3.63, 3.8) is 0 Å². The number of phenols is 1. The number of aliphatic hydroxyl groups excluding tert-OH is 1. The number of H-pyrrole nitrogens is 1. The molecular formula is C67H83N11O12. The molecule has 11 N–H and O–H groups in total. The molecule has 0 saturated carbocycles. The number of nitrogens with one attached hydrogen (secondary N) is 9. The molecule has 23 nitrogen and oxygen atoms in total. The number of aliphatic hydroxyl groups is 1. The molecule has 0 unspecified atom stereocenters. The SMILES string of the molecule is CC(C)C[C@H](NC(=O)[C@H](Cc1cnc[nH]1)NC(=O)[C@H](Cc1ccccc1)NC(=O)[C@@H]1CCCN1C(=O)OCc1ccccc1)C(=O)N[C@@H](CC(C)C)C(=O)N[C@H](C(=O)N[C@@H](Cc1ccc(O)cc1)C(=O)N[C@@H](CO)C(=O)Nc1ccc2ccccc2c1)C(C)C. The second-order valence-electron chi connectivity index (χ2n) is 23.8. The lowest BCUT2D eigenvalue weighted by Gasteiger charge is -2.30. The molecule has 1 aliphatic rings. The summed E-state index contributed by atoms with van der Waals surface area (Å²) in [5.41, 5.74) is 2.85. The van der Waals surface area contributed by atoms with Gasteiger partial charge in [0, 0.05) is 43.4 Å². The number of anilines is 1. The van der Waals surface area contributed by atoms with Crippen LogP contribution in [-0.2, 0) is 69.0 Å². The fraction of sp³-hybridized carbons (Fsp3) is 0.403. The van der Waals surface area contributed by atoms with Crippen molar-refractivity contribution in [3.05, 3.63) is 162 Å². The number of aromatic hydroxyl groups is 1. The molecule has 90 heavy (non-hydrogen) atoms. The number of carbonyl (C=O) groups excluding carboxylic acids is 9. The van der Waals surface area contributed by atoms with Gasteiger partial charge in [0.15, 0.2) is 0 Å². The van der Waals surface area contributed by atoms with Gasteiger partial charge in [-0.25, -0.2) is 9.78 Å². The Morgan fingerprint density at radius 1 is 0.556 bits per heavy atom. The minimum atomic E-state index is -1.45. The van der Waals surface area contributed by atoms with Crippen molar-refractivity contribution in [2.75, 3.05) is 18.5 Å². The third-order valence-electron chi connectivity index (χ3n) is 15.3. The molecule has 7 rings (SSSR count). The fourth-order valence-electron chi connectivity index (χ4n) is 10.5. The number of nitrogens with zero attached hydrogens (tertiary/aromatic N) is 2. The number of hydrogen-bond donors (Lipinski definition) is 11. The first-order valence-electron chi connectivity index (χ1n) is 30.4. The highest BCUT2D eigenvalue weighted by Crippen LogP contribution is 2.22. The van der Waals surface area contributed by atoms with Gasteiger partial charge in [-0.3, -0.25) is 43.3 Å². The summed E-state index contributed by atoms with van der Waals surface area (Å²) in [4.78, 5) is 137. The number of fused-ring (bicyclic) bond motifs is 1. The molecule has 0 aliphatic carbocycles. The molecule has 1 saturated heterocycles. The second kappa shape index (κ2) is 33.1. The molecular weight excluding hydrogens is 1150 g/mol. The summed E-state index contributed by atoms with van der Waals surface area (Å²) in [7, 11) is 0. The number of imidazole rings is 1. The molecule has 1 fully saturated rings. The summed E-state index contributed by atoms with van der Waals surface area (Å²) in [6.07, 6.45) is 2.96. The first-order valence-corrected chi connectivity index (χ1v) is 30.4. The maximum atomic E-state index is 14.7. The summed E-state index contributed by atoms with van der Waals surface area (Å²) in [5, 5.41) is 44.3. The third kappa shape index (κ3) is 20.2. The summed E-state index contributed by atoms with van der Waals surface area (Å²) in [6.45, 7) is 10.2. The van der Waals surface area contributed by atoms with E-state index in [1.54, 1.807) is 68.4 Å². The lowest BCUT2D eigenvalue weighted by molar-refractivity contribution is -0.136. The van der Waals surface area contributed by atoms with Gasteiger partial charge in [-0.2, -0.15) is 0 Å². The van der Waals surface area contributed by atoms with Gasteiger partial charge >= 0.3 is 6.09 Å². The van der Waals surface area contributed by atoms with Gasteiger partial charge < -0.3 is 62.5 Å².